The molecule has 3 aliphatic rings. The summed E-state index contributed by atoms with van der Waals surface area (Å²) in [6, 6.07) is 8.04. The second-order valence-corrected chi connectivity index (χ2v) is 7.08. The molecule has 3 aliphatic heterocycles. The number of nitrogens with one attached hydrogen (secondary N) is 1. The number of carbonyl (C=O) groups excluding carboxylic acids is 1. The van der Waals surface area contributed by atoms with E-state index in [1.54, 1.807) is 0 Å². The molecule has 142 valence electrons. The molecule has 1 spiro atoms. The summed E-state index contributed by atoms with van der Waals surface area (Å²) in [5.74, 6) is -0.365. The second kappa shape index (κ2) is 7.92. The van der Waals surface area contributed by atoms with Crippen LogP contribution < -0.4 is 10.2 Å². The van der Waals surface area contributed by atoms with Crippen molar-refractivity contribution in [3.63, 3.8) is 0 Å². The molecule has 3 heterocycles. The molecule has 0 saturated carbocycles. The molecule has 0 radical (unpaired) electrons. The van der Waals surface area contributed by atoms with Crippen LogP contribution in [0.3, 0.4) is 0 Å². The third-order valence-corrected chi connectivity index (χ3v) is 5.33. The van der Waals surface area contributed by atoms with Gasteiger partial charge in [-0.1, -0.05) is 0 Å². The number of rotatable bonds is 4. The maximum atomic E-state index is 12.3. The lowest BCUT2D eigenvalue weighted by atomic mass is 10.0. The summed E-state index contributed by atoms with van der Waals surface area (Å²) in [6.45, 7) is 6.78. The summed E-state index contributed by atoms with van der Waals surface area (Å²) in [7, 11) is 0. The van der Waals surface area contributed by atoms with E-state index in [0.717, 1.165) is 57.9 Å². The maximum absolute atomic E-state index is 12.3. The Morgan fingerprint density at radius 1 is 0.962 bits per heavy atom. The van der Waals surface area contributed by atoms with Gasteiger partial charge in [0.1, 0.15) is 0 Å². The van der Waals surface area contributed by atoms with E-state index in [9.17, 15) is 4.79 Å². The first kappa shape index (κ1) is 17.7. The van der Waals surface area contributed by atoms with Gasteiger partial charge in [0.15, 0.2) is 5.79 Å². The van der Waals surface area contributed by atoms with Crippen LogP contribution in [-0.2, 0) is 19.0 Å². The zero-order valence-electron chi connectivity index (χ0n) is 15.1. The Hall–Kier alpha value is -1.67. The van der Waals surface area contributed by atoms with Gasteiger partial charge in [0, 0.05) is 50.4 Å². The van der Waals surface area contributed by atoms with Crippen LogP contribution in [0.4, 0.5) is 11.4 Å². The van der Waals surface area contributed by atoms with Crippen LogP contribution in [0.1, 0.15) is 12.8 Å². The van der Waals surface area contributed by atoms with Gasteiger partial charge in [-0.05, 0) is 24.3 Å². The van der Waals surface area contributed by atoms with Crippen LogP contribution >= 0.6 is 0 Å². The summed E-state index contributed by atoms with van der Waals surface area (Å²) in [5, 5.41) is 2.99. The van der Waals surface area contributed by atoms with Crippen molar-refractivity contribution in [1.82, 2.24) is 4.90 Å². The summed E-state index contributed by atoms with van der Waals surface area (Å²) < 4.78 is 16.8. The predicted molar refractivity (Wildman–Crippen MR) is 98.4 cm³/mol. The lowest BCUT2D eigenvalue weighted by molar-refractivity contribution is -0.185. The first-order chi connectivity index (χ1) is 12.7. The van der Waals surface area contributed by atoms with E-state index < -0.39 is 0 Å². The van der Waals surface area contributed by atoms with Crippen molar-refractivity contribution in [3.05, 3.63) is 24.3 Å². The number of amides is 1. The van der Waals surface area contributed by atoms with Gasteiger partial charge in [0.05, 0.1) is 33.0 Å². The number of ether oxygens (including phenoxy) is 3. The average molecular weight is 361 g/mol. The van der Waals surface area contributed by atoms with Crippen LogP contribution in [-0.4, -0.2) is 75.7 Å². The highest BCUT2D eigenvalue weighted by Crippen LogP contribution is 2.31. The molecule has 1 aromatic carbocycles. The maximum Gasteiger partial charge on any atom is 0.238 e. The van der Waals surface area contributed by atoms with Gasteiger partial charge in [0.2, 0.25) is 5.91 Å². The highest BCUT2D eigenvalue weighted by molar-refractivity contribution is 5.92. The Morgan fingerprint density at radius 2 is 1.62 bits per heavy atom. The minimum atomic E-state index is -0.387. The van der Waals surface area contributed by atoms with Gasteiger partial charge in [-0.15, -0.1) is 0 Å². The lowest BCUT2D eigenvalue weighted by Gasteiger charge is -2.37. The SMILES string of the molecule is O=C(CN1CCC2(CC1)OCCO2)Nc1ccc(N2CCOCC2)cc1. The zero-order chi connectivity index (χ0) is 17.8. The fourth-order valence-electron chi connectivity index (χ4n) is 3.82. The Morgan fingerprint density at radius 3 is 2.27 bits per heavy atom. The minimum Gasteiger partial charge on any atom is -0.378 e. The van der Waals surface area contributed by atoms with E-state index in [1.165, 1.54) is 5.69 Å². The summed E-state index contributed by atoms with van der Waals surface area (Å²) >= 11 is 0. The van der Waals surface area contributed by atoms with Crippen molar-refractivity contribution >= 4 is 17.3 Å². The predicted octanol–water partition coefficient (Wildman–Crippen LogP) is 1.30. The van der Waals surface area contributed by atoms with Crippen LogP contribution in [0.5, 0.6) is 0 Å². The van der Waals surface area contributed by atoms with Gasteiger partial charge in [-0.2, -0.15) is 0 Å². The lowest BCUT2D eigenvalue weighted by Crippen LogP contribution is -2.47. The van der Waals surface area contributed by atoms with Gasteiger partial charge in [-0.3, -0.25) is 9.69 Å². The number of hydrogen-bond donors (Lipinski definition) is 1. The van der Waals surface area contributed by atoms with Crippen molar-refractivity contribution in [2.75, 3.05) is 69.4 Å². The third-order valence-electron chi connectivity index (χ3n) is 5.33. The molecule has 3 fully saturated rings. The molecular formula is C19H27N3O4. The number of hydrogen-bond acceptors (Lipinski definition) is 6. The molecule has 1 N–H and O–H groups in total. The molecule has 1 amide bonds. The Balaban J connectivity index is 1.24. The molecule has 0 aromatic heterocycles. The molecule has 0 atom stereocenters. The smallest absolute Gasteiger partial charge is 0.238 e. The Kier molecular flexibility index (Phi) is 5.40. The van der Waals surface area contributed by atoms with Crippen molar-refractivity contribution in [3.8, 4) is 0 Å². The number of carbonyl (C=O) groups is 1. The minimum absolute atomic E-state index is 0.0216. The highest BCUT2D eigenvalue weighted by Gasteiger charge is 2.39. The molecule has 0 unspecified atom stereocenters. The van der Waals surface area contributed by atoms with E-state index in [4.69, 9.17) is 14.2 Å². The molecule has 7 nitrogen and oxygen atoms in total. The van der Waals surface area contributed by atoms with Gasteiger partial charge < -0.3 is 24.4 Å². The molecule has 0 bridgehead atoms. The standard InChI is InChI=1S/C19H27N3O4/c23-18(15-21-7-5-19(6-8-21)25-13-14-26-19)20-16-1-3-17(4-2-16)22-9-11-24-12-10-22/h1-4H,5-15H2,(H,20,23). The number of benzene rings is 1. The fraction of sp³-hybridized carbons (Fsp3) is 0.632. The molecule has 4 rings (SSSR count). The Labute approximate surface area is 154 Å². The van der Waals surface area contributed by atoms with Crippen molar-refractivity contribution in [2.24, 2.45) is 0 Å². The van der Waals surface area contributed by atoms with Gasteiger partial charge in [-0.25, -0.2) is 0 Å². The number of piperidine rings is 1. The van der Waals surface area contributed by atoms with Crippen LogP contribution in [0, 0.1) is 0 Å². The number of morpholine rings is 1. The monoisotopic (exact) mass is 361 g/mol. The largest absolute Gasteiger partial charge is 0.378 e. The van der Waals surface area contributed by atoms with Gasteiger partial charge in [0.25, 0.3) is 0 Å². The molecule has 0 aliphatic carbocycles. The van der Waals surface area contributed by atoms with Crippen molar-refractivity contribution < 1.29 is 19.0 Å². The first-order valence-corrected chi connectivity index (χ1v) is 9.45. The van der Waals surface area contributed by atoms with E-state index >= 15 is 0 Å². The summed E-state index contributed by atoms with van der Waals surface area (Å²) in [5.41, 5.74) is 2.01. The zero-order valence-corrected chi connectivity index (χ0v) is 15.1. The van der Waals surface area contributed by atoms with Crippen LogP contribution in [0.15, 0.2) is 24.3 Å². The van der Waals surface area contributed by atoms with Gasteiger partial charge >= 0.3 is 0 Å². The third kappa shape index (κ3) is 4.17. The van der Waals surface area contributed by atoms with E-state index in [-0.39, 0.29) is 11.7 Å². The first-order valence-electron chi connectivity index (χ1n) is 9.45. The Bertz CT molecular complexity index is 600. The highest BCUT2D eigenvalue weighted by atomic mass is 16.7. The molecule has 3 saturated heterocycles. The van der Waals surface area contributed by atoms with Crippen LogP contribution in [0.2, 0.25) is 0 Å². The summed E-state index contributed by atoms with van der Waals surface area (Å²) in [4.78, 5) is 16.8. The van der Waals surface area contributed by atoms with E-state index in [1.807, 2.05) is 12.1 Å². The van der Waals surface area contributed by atoms with Crippen molar-refractivity contribution in [1.29, 1.82) is 0 Å². The summed E-state index contributed by atoms with van der Waals surface area (Å²) in [6.07, 6.45) is 1.66. The second-order valence-electron chi connectivity index (χ2n) is 7.08. The molecule has 7 heteroatoms. The van der Waals surface area contributed by atoms with Crippen LogP contribution in [0.25, 0.3) is 0 Å². The number of nitrogens with zero attached hydrogens (tertiary/aromatic N) is 2. The van der Waals surface area contributed by atoms with E-state index in [2.05, 4.69) is 27.2 Å². The molecule has 26 heavy (non-hydrogen) atoms. The fourth-order valence-corrected chi connectivity index (χ4v) is 3.82. The topological polar surface area (TPSA) is 63.3 Å². The number of likely N-dealkylation sites (tertiary alicyclic amines) is 1. The van der Waals surface area contributed by atoms with E-state index in [0.29, 0.717) is 19.8 Å². The molecular weight excluding hydrogens is 334 g/mol. The quantitative estimate of drug-likeness (QED) is 0.872. The normalized spacial score (nSPS) is 23.3. The average Bonchev–Trinajstić information content (AvgIpc) is 3.13. The van der Waals surface area contributed by atoms with Crippen molar-refractivity contribution in [2.45, 2.75) is 18.6 Å². The molecule has 1 aromatic rings. The number of anilines is 2.